The lowest BCUT2D eigenvalue weighted by molar-refractivity contribution is -0.117. The molecular formula is C20H17N5O2. The summed E-state index contributed by atoms with van der Waals surface area (Å²) in [4.78, 5) is 30.0. The van der Waals surface area contributed by atoms with Crippen LogP contribution in [0.5, 0.6) is 0 Å². The summed E-state index contributed by atoms with van der Waals surface area (Å²) in [6.45, 7) is 1.84. The first kappa shape index (κ1) is 15.8. The van der Waals surface area contributed by atoms with Gasteiger partial charge in [0.1, 0.15) is 0 Å². The molecule has 0 fully saturated rings. The van der Waals surface area contributed by atoms with E-state index in [0.717, 1.165) is 29.6 Å². The van der Waals surface area contributed by atoms with Gasteiger partial charge in [0.15, 0.2) is 0 Å². The molecule has 0 bridgehead atoms. The zero-order valence-corrected chi connectivity index (χ0v) is 14.5. The zero-order chi connectivity index (χ0) is 18.4. The van der Waals surface area contributed by atoms with E-state index in [9.17, 15) is 9.59 Å². The number of aromatic nitrogens is 1. The number of fused-ring (bicyclic) bond motifs is 1. The van der Waals surface area contributed by atoms with Gasteiger partial charge in [-0.25, -0.2) is 5.43 Å². The van der Waals surface area contributed by atoms with Crippen LogP contribution in [0.3, 0.4) is 0 Å². The van der Waals surface area contributed by atoms with Crippen molar-refractivity contribution in [3.63, 3.8) is 0 Å². The Hall–Kier alpha value is -3.45. The lowest BCUT2D eigenvalue weighted by Crippen LogP contribution is -2.29. The van der Waals surface area contributed by atoms with E-state index in [1.54, 1.807) is 18.5 Å². The summed E-state index contributed by atoms with van der Waals surface area (Å²) >= 11 is 0. The second-order valence-corrected chi connectivity index (χ2v) is 6.85. The number of aromatic amines is 1. The van der Waals surface area contributed by atoms with Crippen molar-refractivity contribution in [2.45, 2.75) is 13.1 Å². The first-order chi connectivity index (χ1) is 13.2. The molecule has 0 unspecified atom stereocenters. The predicted octanol–water partition coefficient (Wildman–Crippen LogP) is 2.20. The maximum atomic E-state index is 12.5. The molecule has 0 spiro atoms. The largest absolute Gasteiger partial charge is 0.360 e. The summed E-state index contributed by atoms with van der Waals surface area (Å²) in [5.74, 6) is -0.396. The molecule has 5 rings (SSSR count). The van der Waals surface area contributed by atoms with E-state index >= 15 is 0 Å². The number of nitrogens with zero attached hydrogens (tertiary/aromatic N) is 2. The van der Waals surface area contributed by atoms with Gasteiger partial charge in [-0.15, -0.1) is 0 Å². The summed E-state index contributed by atoms with van der Waals surface area (Å²) in [7, 11) is 0. The number of rotatable bonds is 3. The van der Waals surface area contributed by atoms with Gasteiger partial charge in [0, 0.05) is 41.4 Å². The van der Waals surface area contributed by atoms with Crippen molar-refractivity contribution in [1.82, 2.24) is 15.3 Å². The highest BCUT2D eigenvalue weighted by Crippen LogP contribution is 2.27. The number of H-pyrrole nitrogens is 1. The molecular weight excluding hydrogens is 342 g/mol. The Bertz CT molecular complexity index is 1090. The molecule has 0 atom stereocenters. The van der Waals surface area contributed by atoms with Crippen LogP contribution in [0.1, 0.15) is 27.0 Å². The van der Waals surface area contributed by atoms with Gasteiger partial charge in [-0.2, -0.15) is 5.10 Å². The SMILES string of the molecule is O=C(CN1Cc2ccccc2C1)Nc1cc2c3c(c[nH]c3c1)C=NNC2=O. The van der Waals surface area contributed by atoms with Crippen LogP contribution < -0.4 is 10.7 Å². The van der Waals surface area contributed by atoms with Crippen LogP contribution >= 0.6 is 0 Å². The molecule has 0 radical (unpaired) electrons. The number of hydrogen-bond acceptors (Lipinski definition) is 4. The quantitative estimate of drug-likeness (QED) is 0.670. The molecule has 2 aliphatic heterocycles. The standard InChI is InChI=1S/C20H17N5O2/c26-18(11-25-9-12-3-1-2-4-13(12)10-25)23-15-5-16-19-14(7-21-17(19)6-15)8-22-24-20(16)27/h1-8,21H,9-11H2,(H,23,26)(H,24,27). The van der Waals surface area contributed by atoms with E-state index in [-0.39, 0.29) is 11.8 Å². The fraction of sp³-hybridized carbons (Fsp3) is 0.150. The van der Waals surface area contributed by atoms with Crippen LogP contribution in [0.2, 0.25) is 0 Å². The van der Waals surface area contributed by atoms with Crippen molar-refractivity contribution >= 4 is 34.6 Å². The molecule has 2 aromatic carbocycles. The van der Waals surface area contributed by atoms with E-state index in [4.69, 9.17) is 0 Å². The van der Waals surface area contributed by atoms with Crippen LogP contribution in [0.4, 0.5) is 5.69 Å². The van der Waals surface area contributed by atoms with Crippen LogP contribution in [0, 0.1) is 0 Å². The van der Waals surface area contributed by atoms with Gasteiger partial charge in [0.25, 0.3) is 5.91 Å². The number of hydrazone groups is 1. The third-order valence-electron chi connectivity index (χ3n) is 4.98. The lowest BCUT2D eigenvalue weighted by Gasteiger charge is -2.15. The highest BCUT2D eigenvalue weighted by molar-refractivity contribution is 6.15. The molecule has 3 aromatic rings. The van der Waals surface area contributed by atoms with E-state index in [1.165, 1.54) is 11.1 Å². The second-order valence-electron chi connectivity index (χ2n) is 6.85. The fourth-order valence-electron chi connectivity index (χ4n) is 3.79. The number of nitrogens with one attached hydrogen (secondary N) is 3. The van der Waals surface area contributed by atoms with Crippen molar-refractivity contribution in [3.8, 4) is 0 Å². The fourth-order valence-corrected chi connectivity index (χ4v) is 3.79. The predicted molar refractivity (Wildman–Crippen MR) is 103 cm³/mol. The number of carbonyl (C=O) groups excluding carboxylic acids is 2. The number of anilines is 1. The monoisotopic (exact) mass is 359 g/mol. The summed E-state index contributed by atoms with van der Waals surface area (Å²) in [6, 6.07) is 11.8. The smallest absolute Gasteiger partial charge is 0.272 e. The Morgan fingerprint density at radius 3 is 2.74 bits per heavy atom. The number of carbonyl (C=O) groups is 2. The third-order valence-corrected chi connectivity index (χ3v) is 4.98. The molecule has 134 valence electrons. The summed E-state index contributed by atoms with van der Waals surface area (Å²) in [6.07, 6.45) is 3.40. The molecule has 27 heavy (non-hydrogen) atoms. The van der Waals surface area contributed by atoms with Gasteiger partial charge in [0.2, 0.25) is 5.91 Å². The maximum absolute atomic E-state index is 12.5. The molecule has 0 saturated carbocycles. The molecule has 0 aliphatic carbocycles. The minimum absolute atomic E-state index is 0.105. The van der Waals surface area contributed by atoms with Crippen LogP contribution in [-0.2, 0) is 17.9 Å². The zero-order valence-electron chi connectivity index (χ0n) is 14.5. The van der Waals surface area contributed by atoms with Crippen molar-refractivity contribution in [3.05, 3.63) is 64.8 Å². The molecule has 0 saturated heterocycles. The summed E-state index contributed by atoms with van der Waals surface area (Å²) < 4.78 is 0. The Balaban J connectivity index is 1.36. The van der Waals surface area contributed by atoms with Crippen molar-refractivity contribution in [2.24, 2.45) is 5.10 Å². The maximum Gasteiger partial charge on any atom is 0.272 e. The van der Waals surface area contributed by atoms with E-state index in [0.29, 0.717) is 17.8 Å². The average Bonchev–Trinajstić information content (AvgIpc) is 3.19. The molecule has 2 aliphatic rings. The van der Waals surface area contributed by atoms with Crippen molar-refractivity contribution in [1.29, 1.82) is 0 Å². The molecule has 3 heterocycles. The number of amides is 2. The van der Waals surface area contributed by atoms with E-state index < -0.39 is 0 Å². The van der Waals surface area contributed by atoms with Gasteiger partial charge in [0.05, 0.1) is 18.3 Å². The van der Waals surface area contributed by atoms with Gasteiger partial charge in [-0.05, 0) is 23.3 Å². The minimum atomic E-state index is -0.291. The van der Waals surface area contributed by atoms with Gasteiger partial charge < -0.3 is 10.3 Å². The normalized spacial score (nSPS) is 15.5. The minimum Gasteiger partial charge on any atom is -0.360 e. The summed E-state index contributed by atoms with van der Waals surface area (Å²) in [5.41, 5.74) is 7.72. The van der Waals surface area contributed by atoms with Crippen LogP contribution in [0.25, 0.3) is 10.9 Å². The Kier molecular flexibility index (Phi) is 3.54. The highest BCUT2D eigenvalue weighted by atomic mass is 16.2. The van der Waals surface area contributed by atoms with Crippen molar-refractivity contribution < 1.29 is 9.59 Å². The van der Waals surface area contributed by atoms with Gasteiger partial charge in [-0.3, -0.25) is 14.5 Å². The third kappa shape index (κ3) is 2.78. The lowest BCUT2D eigenvalue weighted by atomic mass is 10.1. The molecule has 7 heteroatoms. The molecule has 1 aromatic heterocycles. The van der Waals surface area contributed by atoms with Gasteiger partial charge >= 0.3 is 0 Å². The number of hydrogen-bond donors (Lipinski definition) is 3. The van der Waals surface area contributed by atoms with Crippen LogP contribution in [0.15, 0.2) is 47.7 Å². The summed E-state index contributed by atoms with van der Waals surface area (Å²) in [5, 5.41) is 7.63. The molecule has 3 N–H and O–H groups in total. The first-order valence-corrected chi connectivity index (χ1v) is 8.75. The van der Waals surface area contributed by atoms with E-state index in [1.807, 2.05) is 18.2 Å². The topological polar surface area (TPSA) is 89.6 Å². The highest BCUT2D eigenvalue weighted by Gasteiger charge is 2.22. The number of benzene rings is 2. The van der Waals surface area contributed by atoms with Crippen LogP contribution in [-0.4, -0.2) is 34.5 Å². The Labute approximate surface area is 155 Å². The van der Waals surface area contributed by atoms with Crippen molar-refractivity contribution in [2.75, 3.05) is 11.9 Å². The van der Waals surface area contributed by atoms with Gasteiger partial charge in [-0.1, -0.05) is 24.3 Å². The van der Waals surface area contributed by atoms with E-state index in [2.05, 4.69) is 37.9 Å². The Morgan fingerprint density at radius 1 is 1.19 bits per heavy atom. The Morgan fingerprint density at radius 2 is 1.96 bits per heavy atom. The average molecular weight is 359 g/mol. The second kappa shape index (κ2) is 6.07. The molecule has 2 amide bonds. The first-order valence-electron chi connectivity index (χ1n) is 8.75. The molecule has 7 nitrogen and oxygen atoms in total.